The second kappa shape index (κ2) is 7.52. The zero-order chi connectivity index (χ0) is 15.2. The highest BCUT2D eigenvalue weighted by Gasteiger charge is 2.11. The van der Waals surface area contributed by atoms with Crippen molar-refractivity contribution in [2.24, 2.45) is 0 Å². The maximum Gasteiger partial charge on any atom is 0.174 e. The number of halogens is 1. The summed E-state index contributed by atoms with van der Waals surface area (Å²) in [5, 5.41) is 0. The molecule has 0 aliphatic rings. The van der Waals surface area contributed by atoms with E-state index in [9.17, 15) is 4.79 Å². The van der Waals surface area contributed by atoms with Crippen molar-refractivity contribution in [3.8, 4) is 11.5 Å². The van der Waals surface area contributed by atoms with Gasteiger partial charge in [0.25, 0.3) is 0 Å². The van der Waals surface area contributed by atoms with Crippen LogP contribution in [0.4, 0.5) is 0 Å². The summed E-state index contributed by atoms with van der Waals surface area (Å²) in [6.07, 6.45) is 0. The number of hydrogen-bond donors (Lipinski definition) is 0. The average Bonchev–Trinajstić information content (AvgIpc) is 2.52. The van der Waals surface area contributed by atoms with Crippen LogP contribution in [0.15, 0.2) is 51.8 Å². The van der Waals surface area contributed by atoms with Crippen molar-refractivity contribution < 1.29 is 14.3 Å². The molecular weight excluding hydrogens is 352 g/mol. The molecule has 0 aliphatic carbocycles. The van der Waals surface area contributed by atoms with Gasteiger partial charge in [-0.05, 0) is 24.3 Å². The Morgan fingerprint density at radius 2 is 1.81 bits per heavy atom. The summed E-state index contributed by atoms with van der Waals surface area (Å²) in [6.45, 7) is 0. The molecule has 0 fully saturated rings. The maximum absolute atomic E-state index is 12.2. The van der Waals surface area contributed by atoms with Crippen LogP contribution in [0.2, 0.25) is 0 Å². The fourth-order valence-electron chi connectivity index (χ4n) is 1.82. The van der Waals surface area contributed by atoms with Crippen molar-refractivity contribution in [2.75, 3.05) is 20.0 Å². The van der Waals surface area contributed by atoms with Crippen LogP contribution in [0.1, 0.15) is 10.4 Å². The van der Waals surface area contributed by atoms with Crippen LogP contribution in [-0.4, -0.2) is 25.8 Å². The minimum absolute atomic E-state index is 0.0854. The van der Waals surface area contributed by atoms with Crippen LogP contribution in [-0.2, 0) is 0 Å². The molecule has 0 aromatic heterocycles. The van der Waals surface area contributed by atoms with E-state index in [-0.39, 0.29) is 5.78 Å². The monoisotopic (exact) mass is 366 g/mol. The van der Waals surface area contributed by atoms with Gasteiger partial charge in [0.2, 0.25) is 0 Å². The Labute approximate surface area is 136 Å². The minimum atomic E-state index is 0.0854. The Bertz CT molecular complexity index is 643. The molecule has 5 heteroatoms. The number of carbonyl (C=O) groups excluding carboxylic acids is 1. The smallest absolute Gasteiger partial charge is 0.174 e. The molecule has 2 rings (SSSR count). The fraction of sp³-hybridized carbons (Fsp3) is 0.188. The van der Waals surface area contributed by atoms with Crippen molar-refractivity contribution in [3.63, 3.8) is 0 Å². The summed E-state index contributed by atoms with van der Waals surface area (Å²) in [5.74, 6) is 1.80. The highest BCUT2D eigenvalue weighted by molar-refractivity contribution is 9.10. The average molecular weight is 367 g/mol. The molecule has 0 amide bonds. The van der Waals surface area contributed by atoms with Gasteiger partial charge in [0, 0.05) is 14.9 Å². The topological polar surface area (TPSA) is 35.5 Å². The number of Topliss-reactive ketones (excluding diaryl/α,β-unsaturated/α-hetero) is 1. The Hall–Kier alpha value is -1.46. The summed E-state index contributed by atoms with van der Waals surface area (Å²) in [6, 6.07) is 13.1. The van der Waals surface area contributed by atoms with E-state index >= 15 is 0 Å². The second-order valence-electron chi connectivity index (χ2n) is 4.21. The third kappa shape index (κ3) is 4.02. The molecular formula is C16H15BrO3S. The summed E-state index contributed by atoms with van der Waals surface area (Å²) >= 11 is 4.87. The van der Waals surface area contributed by atoms with Gasteiger partial charge in [0.15, 0.2) is 17.3 Å². The van der Waals surface area contributed by atoms with E-state index in [2.05, 4.69) is 15.9 Å². The van der Waals surface area contributed by atoms with Gasteiger partial charge in [-0.2, -0.15) is 0 Å². The van der Waals surface area contributed by atoms with E-state index in [1.54, 1.807) is 14.2 Å². The van der Waals surface area contributed by atoms with Crippen molar-refractivity contribution >= 4 is 33.5 Å². The molecule has 0 aliphatic heterocycles. The van der Waals surface area contributed by atoms with Crippen molar-refractivity contribution in [2.45, 2.75) is 4.90 Å². The van der Waals surface area contributed by atoms with Crippen molar-refractivity contribution in [3.05, 3.63) is 52.5 Å². The number of methoxy groups -OCH3 is 2. The molecule has 0 unspecified atom stereocenters. The Morgan fingerprint density at radius 3 is 2.48 bits per heavy atom. The Kier molecular flexibility index (Phi) is 5.70. The first-order chi connectivity index (χ1) is 10.2. The fourth-order valence-corrected chi connectivity index (χ4v) is 3.13. The quantitative estimate of drug-likeness (QED) is 0.559. The lowest BCUT2D eigenvalue weighted by atomic mass is 10.1. The molecule has 0 saturated heterocycles. The minimum Gasteiger partial charge on any atom is -0.493 e. The first-order valence-electron chi connectivity index (χ1n) is 6.28. The Morgan fingerprint density at radius 1 is 1.10 bits per heavy atom. The van der Waals surface area contributed by atoms with Gasteiger partial charge in [-0.15, -0.1) is 11.8 Å². The molecule has 0 bridgehead atoms. The molecule has 0 heterocycles. The van der Waals surface area contributed by atoms with Gasteiger partial charge >= 0.3 is 0 Å². The third-order valence-corrected chi connectivity index (χ3v) is 4.58. The lowest BCUT2D eigenvalue weighted by molar-refractivity contribution is 0.102. The number of benzene rings is 2. The van der Waals surface area contributed by atoms with Crippen LogP contribution in [0.5, 0.6) is 11.5 Å². The SMILES string of the molecule is COc1ccc(SCC(=O)c2ccccc2Br)cc1OC. The first kappa shape index (κ1) is 15.9. The van der Waals surface area contributed by atoms with Crippen LogP contribution in [0.25, 0.3) is 0 Å². The predicted molar refractivity (Wildman–Crippen MR) is 88.7 cm³/mol. The van der Waals surface area contributed by atoms with Gasteiger partial charge in [0.1, 0.15) is 0 Å². The van der Waals surface area contributed by atoms with Gasteiger partial charge in [-0.25, -0.2) is 0 Å². The molecule has 2 aromatic rings. The summed E-state index contributed by atoms with van der Waals surface area (Å²) in [5.41, 5.74) is 0.700. The number of ether oxygens (including phenoxy) is 2. The van der Waals surface area contributed by atoms with E-state index in [1.165, 1.54) is 11.8 Å². The largest absolute Gasteiger partial charge is 0.493 e. The summed E-state index contributed by atoms with van der Waals surface area (Å²) < 4.78 is 11.3. The van der Waals surface area contributed by atoms with Gasteiger partial charge in [-0.1, -0.05) is 34.1 Å². The number of carbonyl (C=O) groups is 1. The lowest BCUT2D eigenvalue weighted by Crippen LogP contribution is -2.03. The molecule has 2 aromatic carbocycles. The zero-order valence-corrected chi connectivity index (χ0v) is 14.2. The molecule has 0 radical (unpaired) electrons. The van der Waals surface area contributed by atoms with Crippen molar-refractivity contribution in [1.29, 1.82) is 0 Å². The van der Waals surface area contributed by atoms with Crippen molar-refractivity contribution in [1.82, 2.24) is 0 Å². The molecule has 0 saturated carbocycles. The molecule has 110 valence electrons. The normalized spacial score (nSPS) is 10.2. The third-order valence-electron chi connectivity index (χ3n) is 2.90. The molecule has 0 spiro atoms. The van der Waals surface area contributed by atoms with E-state index in [0.29, 0.717) is 22.8 Å². The molecule has 3 nitrogen and oxygen atoms in total. The Balaban J connectivity index is 2.06. The lowest BCUT2D eigenvalue weighted by Gasteiger charge is -2.09. The second-order valence-corrected chi connectivity index (χ2v) is 6.11. The first-order valence-corrected chi connectivity index (χ1v) is 8.06. The molecule has 21 heavy (non-hydrogen) atoms. The maximum atomic E-state index is 12.2. The summed E-state index contributed by atoms with van der Waals surface area (Å²) in [7, 11) is 3.19. The van der Waals surface area contributed by atoms with E-state index in [1.807, 2.05) is 42.5 Å². The van der Waals surface area contributed by atoms with Gasteiger partial charge in [-0.3, -0.25) is 4.79 Å². The van der Waals surface area contributed by atoms with E-state index in [0.717, 1.165) is 9.37 Å². The predicted octanol–water partition coefficient (Wildman–Crippen LogP) is 4.44. The number of rotatable bonds is 6. The number of ketones is 1. The highest BCUT2D eigenvalue weighted by atomic mass is 79.9. The van der Waals surface area contributed by atoms with Crippen LogP contribution in [0, 0.1) is 0 Å². The van der Waals surface area contributed by atoms with Crippen LogP contribution < -0.4 is 9.47 Å². The van der Waals surface area contributed by atoms with Gasteiger partial charge < -0.3 is 9.47 Å². The number of hydrogen-bond acceptors (Lipinski definition) is 4. The zero-order valence-electron chi connectivity index (χ0n) is 11.8. The summed E-state index contributed by atoms with van der Waals surface area (Å²) in [4.78, 5) is 13.2. The standard InChI is InChI=1S/C16H15BrO3S/c1-19-15-8-7-11(9-16(15)20-2)21-10-14(18)12-5-3-4-6-13(12)17/h3-9H,10H2,1-2H3. The van der Waals surface area contributed by atoms with Crippen LogP contribution >= 0.6 is 27.7 Å². The molecule has 0 atom stereocenters. The van der Waals surface area contributed by atoms with E-state index < -0.39 is 0 Å². The number of thioether (sulfide) groups is 1. The van der Waals surface area contributed by atoms with Gasteiger partial charge in [0.05, 0.1) is 20.0 Å². The van der Waals surface area contributed by atoms with E-state index in [4.69, 9.17) is 9.47 Å². The van der Waals surface area contributed by atoms with Crippen LogP contribution in [0.3, 0.4) is 0 Å². The molecule has 0 N–H and O–H groups in total. The highest BCUT2D eigenvalue weighted by Crippen LogP contribution is 2.32.